The molecule has 0 aliphatic heterocycles. The van der Waals surface area contributed by atoms with Gasteiger partial charge in [-0.25, -0.2) is 4.98 Å². The van der Waals surface area contributed by atoms with E-state index >= 15 is 0 Å². The second-order valence-corrected chi connectivity index (χ2v) is 3.15. The highest BCUT2D eigenvalue weighted by Crippen LogP contribution is 2.10. The highest BCUT2D eigenvalue weighted by molar-refractivity contribution is 5.70. The number of carboxylic acid groups (broad SMARTS) is 1. The first-order valence-corrected chi connectivity index (χ1v) is 4.60. The standard InChI is InChI=1S/C10H14N2O3/c1-15-9-4-2-3-8(12-9)5-7(6-11)10(13)14/h2-4,7H,5-6,11H2,1H3,(H,13,14). The lowest BCUT2D eigenvalue weighted by Crippen LogP contribution is -2.25. The predicted octanol–water partition coefficient (Wildman–Crippen LogP) is 0.292. The molecular formula is C10H14N2O3. The zero-order valence-electron chi connectivity index (χ0n) is 8.51. The molecule has 5 heteroatoms. The van der Waals surface area contributed by atoms with Crippen molar-refractivity contribution in [3.8, 4) is 5.88 Å². The van der Waals surface area contributed by atoms with Gasteiger partial charge in [-0.15, -0.1) is 0 Å². The molecule has 0 spiro atoms. The Morgan fingerprint density at radius 3 is 2.93 bits per heavy atom. The molecule has 0 saturated carbocycles. The van der Waals surface area contributed by atoms with Crippen molar-refractivity contribution in [2.24, 2.45) is 11.7 Å². The van der Waals surface area contributed by atoms with Gasteiger partial charge in [0.05, 0.1) is 13.0 Å². The van der Waals surface area contributed by atoms with Crippen LogP contribution >= 0.6 is 0 Å². The molecule has 1 heterocycles. The van der Waals surface area contributed by atoms with Gasteiger partial charge in [-0.05, 0) is 6.07 Å². The molecule has 1 aromatic heterocycles. The largest absolute Gasteiger partial charge is 0.481 e. The number of aromatic nitrogens is 1. The van der Waals surface area contributed by atoms with Crippen LogP contribution in [0.15, 0.2) is 18.2 Å². The molecule has 1 rings (SSSR count). The van der Waals surface area contributed by atoms with Gasteiger partial charge in [-0.3, -0.25) is 4.79 Å². The summed E-state index contributed by atoms with van der Waals surface area (Å²) in [5.41, 5.74) is 6.03. The maximum atomic E-state index is 10.8. The van der Waals surface area contributed by atoms with E-state index in [1.54, 1.807) is 18.2 Å². The molecule has 15 heavy (non-hydrogen) atoms. The SMILES string of the molecule is COc1cccc(CC(CN)C(=O)O)n1. The number of carboxylic acids is 1. The van der Waals surface area contributed by atoms with E-state index in [4.69, 9.17) is 15.6 Å². The molecule has 5 nitrogen and oxygen atoms in total. The van der Waals surface area contributed by atoms with Crippen molar-refractivity contribution in [2.45, 2.75) is 6.42 Å². The van der Waals surface area contributed by atoms with E-state index in [9.17, 15) is 4.79 Å². The quantitative estimate of drug-likeness (QED) is 0.729. The number of nitrogens with two attached hydrogens (primary N) is 1. The third-order valence-electron chi connectivity index (χ3n) is 2.08. The van der Waals surface area contributed by atoms with E-state index in [1.807, 2.05) is 0 Å². The molecule has 0 amide bonds. The second-order valence-electron chi connectivity index (χ2n) is 3.15. The Balaban J connectivity index is 2.74. The molecule has 0 aromatic carbocycles. The number of ether oxygens (including phenoxy) is 1. The number of methoxy groups -OCH3 is 1. The van der Waals surface area contributed by atoms with Gasteiger partial charge in [-0.1, -0.05) is 6.07 Å². The van der Waals surface area contributed by atoms with Crippen molar-refractivity contribution in [3.63, 3.8) is 0 Å². The fraction of sp³-hybridized carbons (Fsp3) is 0.400. The number of nitrogens with zero attached hydrogens (tertiary/aromatic N) is 1. The van der Waals surface area contributed by atoms with Crippen molar-refractivity contribution >= 4 is 5.97 Å². The molecule has 0 aliphatic rings. The Kier molecular flexibility index (Phi) is 4.05. The fourth-order valence-electron chi connectivity index (χ4n) is 1.21. The van der Waals surface area contributed by atoms with Crippen LogP contribution < -0.4 is 10.5 Å². The second kappa shape index (κ2) is 5.31. The first-order valence-electron chi connectivity index (χ1n) is 4.60. The van der Waals surface area contributed by atoms with E-state index in [2.05, 4.69) is 4.98 Å². The maximum absolute atomic E-state index is 10.8. The Morgan fingerprint density at radius 2 is 2.40 bits per heavy atom. The lowest BCUT2D eigenvalue weighted by atomic mass is 10.0. The van der Waals surface area contributed by atoms with Crippen molar-refractivity contribution in [1.82, 2.24) is 4.98 Å². The lowest BCUT2D eigenvalue weighted by molar-refractivity contribution is -0.141. The number of aliphatic carboxylic acids is 1. The summed E-state index contributed by atoms with van der Waals surface area (Å²) < 4.78 is 4.94. The van der Waals surface area contributed by atoms with Crippen LogP contribution in [-0.4, -0.2) is 29.7 Å². The summed E-state index contributed by atoms with van der Waals surface area (Å²) in [6, 6.07) is 5.24. The van der Waals surface area contributed by atoms with Gasteiger partial charge in [0.2, 0.25) is 5.88 Å². The monoisotopic (exact) mass is 210 g/mol. The van der Waals surface area contributed by atoms with Gasteiger partial charge >= 0.3 is 5.97 Å². The summed E-state index contributed by atoms with van der Waals surface area (Å²) in [6.45, 7) is 0.105. The van der Waals surface area contributed by atoms with E-state index < -0.39 is 11.9 Å². The van der Waals surface area contributed by atoms with Crippen molar-refractivity contribution in [1.29, 1.82) is 0 Å². The highest BCUT2D eigenvalue weighted by Gasteiger charge is 2.16. The summed E-state index contributed by atoms with van der Waals surface area (Å²) in [5.74, 6) is -1.01. The first kappa shape index (κ1) is 11.5. The molecule has 0 radical (unpaired) electrons. The van der Waals surface area contributed by atoms with Crippen LogP contribution in [0.2, 0.25) is 0 Å². The summed E-state index contributed by atoms with van der Waals surface area (Å²) >= 11 is 0. The molecule has 82 valence electrons. The van der Waals surface area contributed by atoms with Crippen molar-refractivity contribution in [3.05, 3.63) is 23.9 Å². The van der Waals surface area contributed by atoms with Crippen LogP contribution in [0.3, 0.4) is 0 Å². The molecule has 1 unspecified atom stereocenters. The van der Waals surface area contributed by atoms with Crippen LogP contribution in [0.25, 0.3) is 0 Å². The van der Waals surface area contributed by atoms with Crippen LogP contribution in [-0.2, 0) is 11.2 Å². The summed E-state index contributed by atoms with van der Waals surface area (Å²) in [5, 5.41) is 8.82. The molecule has 0 aliphatic carbocycles. The van der Waals surface area contributed by atoms with Crippen LogP contribution in [0.1, 0.15) is 5.69 Å². The van der Waals surface area contributed by atoms with E-state index in [0.29, 0.717) is 18.0 Å². The number of pyridine rings is 1. The van der Waals surface area contributed by atoms with Crippen LogP contribution in [0.5, 0.6) is 5.88 Å². The molecular weight excluding hydrogens is 196 g/mol. The van der Waals surface area contributed by atoms with Gasteiger partial charge in [-0.2, -0.15) is 0 Å². The number of carbonyl (C=O) groups is 1. The molecule has 1 aromatic rings. The highest BCUT2D eigenvalue weighted by atomic mass is 16.5. The van der Waals surface area contributed by atoms with Gasteiger partial charge in [0.1, 0.15) is 0 Å². The Hall–Kier alpha value is -1.62. The minimum absolute atomic E-state index is 0.105. The number of rotatable bonds is 5. The van der Waals surface area contributed by atoms with Crippen LogP contribution in [0, 0.1) is 5.92 Å². The third-order valence-corrected chi connectivity index (χ3v) is 2.08. The summed E-state index contributed by atoms with van der Waals surface area (Å²) in [6.07, 6.45) is 0.322. The van der Waals surface area contributed by atoms with E-state index in [1.165, 1.54) is 7.11 Å². The van der Waals surface area contributed by atoms with E-state index in [0.717, 1.165) is 0 Å². The minimum atomic E-state index is -0.901. The summed E-state index contributed by atoms with van der Waals surface area (Å²) in [4.78, 5) is 14.9. The summed E-state index contributed by atoms with van der Waals surface area (Å²) in [7, 11) is 1.52. The Labute approximate surface area is 87.9 Å². The average Bonchev–Trinajstić information content (AvgIpc) is 2.25. The zero-order valence-corrected chi connectivity index (χ0v) is 8.51. The van der Waals surface area contributed by atoms with Crippen molar-refractivity contribution in [2.75, 3.05) is 13.7 Å². The average molecular weight is 210 g/mol. The molecule has 0 saturated heterocycles. The Bertz CT molecular complexity index is 341. The third kappa shape index (κ3) is 3.21. The fourth-order valence-corrected chi connectivity index (χ4v) is 1.21. The van der Waals surface area contributed by atoms with Crippen molar-refractivity contribution < 1.29 is 14.6 Å². The Morgan fingerprint density at radius 1 is 1.67 bits per heavy atom. The van der Waals surface area contributed by atoms with Crippen LogP contribution in [0.4, 0.5) is 0 Å². The van der Waals surface area contributed by atoms with Gasteiger partial charge in [0.25, 0.3) is 0 Å². The maximum Gasteiger partial charge on any atom is 0.308 e. The predicted molar refractivity (Wildman–Crippen MR) is 54.7 cm³/mol. The zero-order chi connectivity index (χ0) is 11.3. The molecule has 3 N–H and O–H groups in total. The smallest absolute Gasteiger partial charge is 0.308 e. The molecule has 1 atom stereocenters. The van der Waals surface area contributed by atoms with Gasteiger partial charge in [0.15, 0.2) is 0 Å². The van der Waals surface area contributed by atoms with E-state index in [-0.39, 0.29) is 6.54 Å². The topological polar surface area (TPSA) is 85.4 Å². The lowest BCUT2D eigenvalue weighted by Gasteiger charge is -2.09. The number of hydrogen-bond donors (Lipinski definition) is 2. The first-order chi connectivity index (χ1) is 7.17. The molecule has 0 fully saturated rings. The minimum Gasteiger partial charge on any atom is -0.481 e. The molecule has 0 bridgehead atoms. The van der Waals surface area contributed by atoms with Gasteiger partial charge in [0, 0.05) is 24.7 Å². The normalized spacial score (nSPS) is 12.1. The van der Waals surface area contributed by atoms with Gasteiger partial charge < -0.3 is 15.6 Å². The number of hydrogen-bond acceptors (Lipinski definition) is 4.